The van der Waals surface area contributed by atoms with Gasteiger partial charge < -0.3 is 9.84 Å². The summed E-state index contributed by atoms with van der Waals surface area (Å²) >= 11 is 5.99. The number of aliphatic hydroxyl groups excluding tert-OH is 1. The molecule has 0 atom stereocenters. The zero-order chi connectivity index (χ0) is 6.41. The molecule has 0 bridgehead atoms. The van der Waals surface area contributed by atoms with Crippen molar-refractivity contribution in [2.75, 3.05) is 19.5 Å². The molecule has 0 aromatic heterocycles. The van der Waals surface area contributed by atoms with E-state index >= 15 is 0 Å². The molecule has 0 rings (SSSR count). The Balaban J connectivity index is 2.99. The number of thiocarbonyl (C=S) groups is 1. The molecule has 48 valence electrons. The highest BCUT2D eigenvalue weighted by Crippen LogP contribution is 2.02. The smallest absolute Gasteiger partial charge is 0.219 e. The van der Waals surface area contributed by atoms with E-state index in [0.717, 1.165) is 0 Å². The van der Waals surface area contributed by atoms with E-state index in [0.29, 0.717) is 10.1 Å². The van der Waals surface area contributed by atoms with Crippen LogP contribution < -0.4 is 0 Å². The van der Waals surface area contributed by atoms with E-state index in [1.807, 2.05) is 0 Å². The Bertz CT molecular complexity index is 74.4. The van der Waals surface area contributed by atoms with Crippen molar-refractivity contribution in [3.8, 4) is 0 Å². The first-order chi connectivity index (χ1) is 3.81. The van der Waals surface area contributed by atoms with Gasteiger partial charge in [-0.3, -0.25) is 0 Å². The summed E-state index contributed by atoms with van der Waals surface area (Å²) in [6.07, 6.45) is 0. The molecule has 0 aliphatic rings. The third kappa shape index (κ3) is 4.36. The number of ether oxygens (including phenoxy) is 1. The van der Waals surface area contributed by atoms with Crippen LogP contribution in [-0.4, -0.2) is 29.0 Å². The highest BCUT2D eigenvalue weighted by molar-refractivity contribution is 8.22. The highest BCUT2D eigenvalue weighted by Gasteiger charge is 1.91. The Morgan fingerprint density at radius 2 is 2.50 bits per heavy atom. The Labute approximate surface area is 58.2 Å². The first-order valence-corrected chi connectivity index (χ1v) is 3.52. The number of hydrogen-bond acceptors (Lipinski definition) is 4. The van der Waals surface area contributed by atoms with Crippen molar-refractivity contribution >= 4 is 28.4 Å². The topological polar surface area (TPSA) is 29.5 Å². The maximum Gasteiger partial charge on any atom is 0.219 e. The summed E-state index contributed by atoms with van der Waals surface area (Å²) in [6.45, 7) is 0.147. The summed E-state index contributed by atoms with van der Waals surface area (Å²) in [7, 11) is 1.52. The van der Waals surface area contributed by atoms with Crippen molar-refractivity contribution in [3.63, 3.8) is 0 Å². The molecule has 0 radical (unpaired) electrons. The van der Waals surface area contributed by atoms with Crippen LogP contribution in [0.15, 0.2) is 0 Å². The van der Waals surface area contributed by atoms with Gasteiger partial charge in [-0.25, -0.2) is 0 Å². The number of rotatable bonds is 2. The minimum atomic E-state index is 0.147. The maximum absolute atomic E-state index is 8.27. The molecule has 0 heterocycles. The summed E-state index contributed by atoms with van der Waals surface area (Å²) in [5.74, 6) is 0.618. The number of thioether (sulfide) groups is 1. The quantitative estimate of drug-likeness (QED) is 0.588. The fourth-order valence-electron chi connectivity index (χ4n) is 0.188. The number of methoxy groups -OCH3 is 1. The molecule has 8 heavy (non-hydrogen) atoms. The van der Waals surface area contributed by atoms with Gasteiger partial charge in [0.1, 0.15) is 0 Å². The van der Waals surface area contributed by atoms with E-state index in [1.165, 1.54) is 18.9 Å². The van der Waals surface area contributed by atoms with Gasteiger partial charge in [0.25, 0.3) is 0 Å². The normalized spacial score (nSPS) is 8.75. The average molecular weight is 152 g/mol. The molecule has 0 aromatic rings. The molecule has 0 aliphatic heterocycles. The summed E-state index contributed by atoms with van der Waals surface area (Å²) in [5, 5.41) is 8.27. The third-order valence-electron chi connectivity index (χ3n) is 0.478. The lowest BCUT2D eigenvalue weighted by molar-refractivity contribution is 0.322. The van der Waals surface area contributed by atoms with Gasteiger partial charge in [0.15, 0.2) is 0 Å². The Kier molecular flexibility index (Phi) is 5.47. The third-order valence-corrected chi connectivity index (χ3v) is 1.79. The zero-order valence-electron chi connectivity index (χ0n) is 4.59. The zero-order valence-corrected chi connectivity index (χ0v) is 6.22. The van der Waals surface area contributed by atoms with Gasteiger partial charge in [-0.15, -0.1) is 0 Å². The van der Waals surface area contributed by atoms with E-state index in [-0.39, 0.29) is 6.61 Å². The molecule has 0 fully saturated rings. The lowest BCUT2D eigenvalue weighted by Crippen LogP contribution is -1.94. The van der Waals surface area contributed by atoms with Crippen molar-refractivity contribution in [1.29, 1.82) is 0 Å². The van der Waals surface area contributed by atoms with Crippen LogP contribution in [0.2, 0.25) is 0 Å². The summed E-state index contributed by atoms with van der Waals surface area (Å²) in [5.41, 5.74) is 0. The molecule has 0 spiro atoms. The average Bonchev–Trinajstić information content (AvgIpc) is 1.83. The fourth-order valence-corrected chi connectivity index (χ4v) is 0.814. The van der Waals surface area contributed by atoms with Crippen LogP contribution in [0.3, 0.4) is 0 Å². The minimum Gasteiger partial charge on any atom is -0.482 e. The molecule has 0 unspecified atom stereocenters. The van der Waals surface area contributed by atoms with E-state index < -0.39 is 0 Å². The number of hydrogen-bond donors (Lipinski definition) is 1. The second-order valence-electron chi connectivity index (χ2n) is 1.03. The molecular weight excluding hydrogens is 144 g/mol. The van der Waals surface area contributed by atoms with Crippen molar-refractivity contribution < 1.29 is 9.84 Å². The molecule has 0 aromatic carbocycles. The van der Waals surface area contributed by atoms with Gasteiger partial charge in [-0.1, -0.05) is 11.8 Å². The molecule has 0 saturated carbocycles. The largest absolute Gasteiger partial charge is 0.482 e. The van der Waals surface area contributed by atoms with Crippen LogP contribution >= 0.6 is 24.0 Å². The molecule has 0 amide bonds. The van der Waals surface area contributed by atoms with Gasteiger partial charge in [0, 0.05) is 5.75 Å². The fraction of sp³-hybridized carbons (Fsp3) is 0.750. The van der Waals surface area contributed by atoms with Crippen LogP contribution in [0.4, 0.5) is 0 Å². The van der Waals surface area contributed by atoms with Crippen molar-refractivity contribution in [3.05, 3.63) is 0 Å². The van der Waals surface area contributed by atoms with Crippen LogP contribution in [0.25, 0.3) is 0 Å². The summed E-state index contributed by atoms with van der Waals surface area (Å²) in [6, 6.07) is 0. The van der Waals surface area contributed by atoms with Gasteiger partial charge in [0.2, 0.25) is 4.38 Å². The highest BCUT2D eigenvalue weighted by atomic mass is 32.2. The van der Waals surface area contributed by atoms with Crippen LogP contribution in [0, 0.1) is 0 Å². The number of aliphatic hydroxyl groups is 1. The monoisotopic (exact) mass is 152 g/mol. The standard InChI is InChI=1S/C4H8O2S2/c1-6-4(7)8-3-2-5/h5H,2-3H2,1H3. The SMILES string of the molecule is COC(=S)SCCO. The van der Waals surface area contributed by atoms with E-state index in [4.69, 9.17) is 5.11 Å². The van der Waals surface area contributed by atoms with Crippen LogP contribution in [0.5, 0.6) is 0 Å². The minimum absolute atomic E-state index is 0.147. The molecule has 4 heteroatoms. The molecular formula is C4H8O2S2. The van der Waals surface area contributed by atoms with E-state index in [1.54, 1.807) is 0 Å². The van der Waals surface area contributed by atoms with Gasteiger partial charge in [0.05, 0.1) is 13.7 Å². The summed E-state index contributed by atoms with van der Waals surface area (Å²) < 4.78 is 5.12. The second-order valence-corrected chi connectivity index (χ2v) is 2.72. The van der Waals surface area contributed by atoms with Crippen molar-refractivity contribution in [2.45, 2.75) is 0 Å². The Morgan fingerprint density at radius 3 is 2.88 bits per heavy atom. The first-order valence-electron chi connectivity index (χ1n) is 2.13. The lowest BCUT2D eigenvalue weighted by Gasteiger charge is -1.96. The van der Waals surface area contributed by atoms with Gasteiger partial charge in [-0.05, 0) is 12.2 Å². The predicted octanol–water partition coefficient (Wildman–Crippen LogP) is 0.643. The Morgan fingerprint density at radius 1 is 1.88 bits per heavy atom. The van der Waals surface area contributed by atoms with Gasteiger partial charge >= 0.3 is 0 Å². The van der Waals surface area contributed by atoms with Crippen molar-refractivity contribution in [2.24, 2.45) is 0 Å². The molecule has 2 nitrogen and oxygen atoms in total. The van der Waals surface area contributed by atoms with Crippen molar-refractivity contribution in [1.82, 2.24) is 0 Å². The van der Waals surface area contributed by atoms with E-state index in [9.17, 15) is 0 Å². The van der Waals surface area contributed by atoms with Crippen LogP contribution in [0.1, 0.15) is 0 Å². The van der Waals surface area contributed by atoms with E-state index in [2.05, 4.69) is 17.0 Å². The first kappa shape index (κ1) is 8.20. The molecule has 1 N–H and O–H groups in total. The second kappa shape index (κ2) is 5.34. The predicted molar refractivity (Wildman–Crippen MR) is 39.2 cm³/mol. The van der Waals surface area contributed by atoms with Gasteiger partial charge in [-0.2, -0.15) is 0 Å². The lowest BCUT2D eigenvalue weighted by atomic mass is 10.9. The summed E-state index contributed by atoms with van der Waals surface area (Å²) in [4.78, 5) is 0. The molecule has 0 saturated heterocycles. The molecule has 0 aliphatic carbocycles. The van der Waals surface area contributed by atoms with Crippen LogP contribution in [-0.2, 0) is 4.74 Å². The maximum atomic E-state index is 8.27. The Hall–Kier alpha value is 0.200.